The number of anilines is 1. The van der Waals surface area contributed by atoms with Crippen LogP contribution < -0.4 is 4.90 Å². The molecule has 0 N–H and O–H groups in total. The summed E-state index contributed by atoms with van der Waals surface area (Å²) in [6.07, 6.45) is 3.66. The van der Waals surface area contributed by atoms with Crippen LogP contribution in [0.3, 0.4) is 0 Å². The van der Waals surface area contributed by atoms with Crippen LogP contribution in [-0.2, 0) is 4.74 Å². The molecule has 0 radical (unpaired) electrons. The predicted octanol–water partition coefficient (Wildman–Crippen LogP) is 4.99. The van der Waals surface area contributed by atoms with Gasteiger partial charge in [-0.15, -0.1) is 0 Å². The number of benzene rings is 2. The molecule has 1 heterocycles. The van der Waals surface area contributed by atoms with Crippen molar-refractivity contribution in [2.45, 2.75) is 26.3 Å². The van der Waals surface area contributed by atoms with Crippen molar-refractivity contribution in [3.8, 4) is 0 Å². The van der Waals surface area contributed by atoms with E-state index in [1.807, 2.05) is 20.0 Å². The fourth-order valence-corrected chi connectivity index (χ4v) is 3.26. The summed E-state index contributed by atoms with van der Waals surface area (Å²) in [5.74, 6) is -0.766. The van der Waals surface area contributed by atoms with E-state index >= 15 is 0 Å². The Morgan fingerprint density at radius 2 is 2.00 bits per heavy atom. The van der Waals surface area contributed by atoms with Crippen molar-refractivity contribution in [3.63, 3.8) is 0 Å². The van der Waals surface area contributed by atoms with Gasteiger partial charge in [0.15, 0.2) is 0 Å². The number of ether oxygens (including phenoxy) is 1. The largest absolute Gasteiger partial charge is 0.465 e. The van der Waals surface area contributed by atoms with E-state index in [9.17, 15) is 9.18 Å². The third kappa shape index (κ3) is 3.63. The molecule has 5 heteroatoms. The van der Waals surface area contributed by atoms with Crippen molar-refractivity contribution in [1.82, 2.24) is 0 Å². The van der Waals surface area contributed by atoms with E-state index in [1.165, 1.54) is 13.3 Å². The first-order chi connectivity index (χ1) is 12.7. The second-order valence-electron chi connectivity index (χ2n) is 7.23. The lowest BCUT2D eigenvalue weighted by atomic mass is 9.88. The molecule has 0 bridgehead atoms. The van der Waals surface area contributed by atoms with Crippen molar-refractivity contribution >= 4 is 29.1 Å². The number of aliphatic imine (C=N–C) groups is 1. The number of carbonyl (C=O) groups excluding carboxylic acids is 1. The lowest BCUT2D eigenvalue weighted by molar-refractivity contribution is 0.0601. The highest BCUT2D eigenvalue weighted by Gasteiger charge is 2.29. The molecule has 0 saturated heterocycles. The highest BCUT2D eigenvalue weighted by molar-refractivity contribution is 5.91. The second kappa shape index (κ2) is 6.99. The molecule has 3 rings (SSSR count). The Morgan fingerprint density at radius 1 is 1.26 bits per heavy atom. The normalized spacial score (nSPS) is 15.5. The second-order valence-corrected chi connectivity index (χ2v) is 7.23. The van der Waals surface area contributed by atoms with E-state index in [0.29, 0.717) is 16.8 Å². The van der Waals surface area contributed by atoms with Gasteiger partial charge in [-0.05, 0) is 56.7 Å². The number of fused-ring (bicyclic) bond motifs is 1. The van der Waals surface area contributed by atoms with Gasteiger partial charge < -0.3 is 9.64 Å². The first kappa shape index (κ1) is 18.8. The van der Waals surface area contributed by atoms with E-state index < -0.39 is 5.97 Å². The maximum Gasteiger partial charge on any atom is 0.337 e. The van der Waals surface area contributed by atoms with Gasteiger partial charge in [0.2, 0.25) is 0 Å². The Labute approximate surface area is 159 Å². The fourth-order valence-electron chi connectivity index (χ4n) is 3.26. The molecule has 4 nitrogen and oxygen atoms in total. The van der Waals surface area contributed by atoms with Gasteiger partial charge >= 0.3 is 5.97 Å². The molecule has 2 aromatic carbocycles. The highest BCUT2D eigenvalue weighted by Crippen LogP contribution is 2.38. The summed E-state index contributed by atoms with van der Waals surface area (Å²) in [4.78, 5) is 18.0. The molecule has 1 aliphatic rings. The molecule has 0 fully saturated rings. The number of allylic oxidation sites excluding steroid dienone is 1. The molecule has 1 aliphatic heterocycles. The molecule has 2 aromatic rings. The predicted molar refractivity (Wildman–Crippen MR) is 108 cm³/mol. The van der Waals surface area contributed by atoms with Gasteiger partial charge in [-0.3, -0.25) is 4.99 Å². The van der Waals surface area contributed by atoms with Gasteiger partial charge in [-0.2, -0.15) is 0 Å². The van der Waals surface area contributed by atoms with Gasteiger partial charge in [0.05, 0.1) is 23.9 Å². The van der Waals surface area contributed by atoms with Crippen LogP contribution in [-0.4, -0.2) is 31.9 Å². The summed E-state index contributed by atoms with van der Waals surface area (Å²) in [6.45, 7) is 6.23. The fraction of sp³-hybridized carbons (Fsp3) is 0.273. The Bertz CT molecular complexity index is 961. The van der Waals surface area contributed by atoms with E-state index in [0.717, 1.165) is 16.8 Å². The Hall–Kier alpha value is -2.95. The van der Waals surface area contributed by atoms with Crippen molar-refractivity contribution < 1.29 is 13.9 Å². The maximum absolute atomic E-state index is 14.7. The topological polar surface area (TPSA) is 41.9 Å². The quantitative estimate of drug-likeness (QED) is 0.567. The molecular formula is C22H23FN2O2. The minimum atomic E-state index is -0.432. The van der Waals surface area contributed by atoms with Crippen molar-refractivity contribution in [2.75, 3.05) is 19.1 Å². The van der Waals surface area contributed by atoms with Crippen LogP contribution in [0.15, 0.2) is 47.5 Å². The molecule has 0 amide bonds. The van der Waals surface area contributed by atoms with Crippen LogP contribution >= 0.6 is 0 Å². The zero-order chi connectivity index (χ0) is 19.8. The van der Waals surface area contributed by atoms with Crippen molar-refractivity contribution in [2.24, 2.45) is 4.99 Å². The molecule has 0 unspecified atom stereocenters. The van der Waals surface area contributed by atoms with E-state index in [1.54, 1.807) is 30.3 Å². The first-order valence-electron chi connectivity index (χ1n) is 8.72. The maximum atomic E-state index is 14.7. The lowest BCUT2D eigenvalue weighted by Gasteiger charge is -2.40. The zero-order valence-electron chi connectivity index (χ0n) is 16.2. The Kier molecular flexibility index (Phi) is 4.87. The molecule has 0 saturated carbocycles. The molecule has 0 spiro atoms. The first-order valence-corrected chi connectivity index (χ1v) is 8.72. The number of esters is 1. The van der Waals surface area contributed by atoms with E-state index in [4.69, 9.17) is 4.74 Å². The van der Waals surface area contributed by atoms with Gasteiger partial charge in [-0.1, -0.05) is 12.1 Å². The third-order valence-electron chi connectivity index (χ3n) is 4.96. The summed E-state index contributed by atoms with van der Waals surface area (Å²) < 4.78 is 19.4. The average molecular weight is 366 g/mol. The van der Waals surface area contributed by atoms with Crippen LogP contribution in [0.2, 0.25) is 0 Å². The molecule has 140 valence electrons. The summed E-state index contributed by atoms with van der Waals surface area (Å²) in [5.41, 5.74) is 4.15. The molecular weight excluding hydrogens is 343 g/mol. The molecule has 27 heavy (non-hydrogen) atoms. The number of rotatable bonds is 3. The number of nitrogens with zero attached hydrogens (tertiary/aromatic N) is 2. The minimum absolute atomic E-state index is 0.173. The lowest BCUT2D eigenvalue weighted by Crippen LogP contribution is -2.42. The number of methoxy groups -OCH3 is 1. The summed E-state index contributed by atoms with van der Waals surface area (Å²) in [6, 6.07) is 10.1. The van der Waals surface area contributed by atoms with Crippen LogP contribution in [0.1, 0.15) is 42.3 Å². The van der Waals surface area contributed by atoms with Crippen molar-refractivity contribution in [1.29, 1.82) is 0 Å². The molecule has 0 aromatic heterocycles. The zero-order valence-corrected chi connectivity index (χ0v) is 16.2. The Morgan fingerprint density at radius 3 is 2.70 bits per heavy atom. The van der Waals surface area contributed by atoms with Gasteiger partial charge in [0, 0.05) is 30.1 Å². The summed E-state index contributed by atoms with van der Waals surface area (Å²) in [7, 11) is 3.29. The van der Waals surface area contributed by atoms with Gasteiger partial charge in [-0.25, -0.2) is 9.18 Å². The summed E-state index contributed by atoms with van der Waals surface area (Å²) in [5, 5.41) is 0. The average Bonchev–Trinajstić information content (AvgIpc) is 2.64. The monoisotopic (exact) mass is 366 g/mol. The van der Waals surface area contributed by atoms with Crippen LogP contribution in [0.25, 0.3) is 5.57 Å². The number of likely N-dealkylation sites (N-methyl/N-ethyl adjacent to an activating group) is 1. The number of hydrogen-bond acceptors (Lipinski definition) is 4. The third-order valence-corrected chi connectivity index (χ3v) is 4.96. The molecule has 0 aliphatic carbocycles. The van der Waals surface area contributed by atoms with Crippen LogP contribution in [0.4, 0.5) is 15.8 Å². The van der Waals surface area contributed by atoms with Crippen LogP contribution in [0, 0.1) is 5.82 Å². The Balaban J connectivity index is 1.97. The van der Waals surface area contributed by atoms with E-state index in [-0.39, 0.29) is 11.4 Å². The highest BCUT2D eigenvalue weighted by atomic mass is 19.1. The standard InChI is InChI=1S/C22H23FN2O2/c1-14-12-22(2,3)25(4)20-11-19(23)16(10-18(14)20)13-24-17-8-6-7-15(9-17)21(26)27-5/h6-13H,1-5H3. The number of carbonyl (C=O) groups is 1. The minimum Gasteiger partial charge on any atom is -0.465 e. The number of halogens is 1. The van der Waals surface area contributed by atoms with E-state index in [2.05, 4.69) is 29.8 Å². The number of hydrogen-bond donors (Lipinski definition) is 0. The van der Waals surface area contributed by atoms with Crippen LogP contribution in [0.5, 0.6) is 0 Å². The van der Waals surface area contributed by atoms with Gasteiger partial charge in [0.1, 0.15) is 5.82 Å². The van der Waals surface area contributed by atoms with Gasteiger partial charge in [0.25, 0.3) is 0 Å². The van der Waals surface area contributed by atoms with Crippen molar-refractivity contribution in [3.05, 3.63) is 65.0 Å². The smallest absolute Gasteiger partial charge is 0.337 e. The molecule has 0 atom stereocenters. The summed E-state index contributed by atoms with van der Waals surface area (Å²) >= 11 is 0. The SMILES string of the molecule is COC(=O)c1cccc(N=Cc2cc3c(cc2F)N(C)C(C)(C)C=C3C)c1.